The predicted octanol–water partition coefficient (Wildman–Crippen LogP) is -4.25. The van der Waals surface area contributed by atoms with Crippen LogP contribution in [0.25, 0.3) is 0 Å². The van der Waals surface area contributed by atoms with Gasteiger partial charge in [-0.15, -0.1) is 0 Å². The summed E-state index contributed by atoms with van der Waals surface area (Å²) in [6.45, 7) is 3.33. The molecule has 2 aliphatic rings. The van der Waals surface area contributed by atoms with Crippen molar-refractivity contribution in [2.45, 2.75) is 88.6 Å². The van der Waals surface area contributed by atoms with Gasteiger partial charge in [0.2, 0.25) is 52.4 Å². The third-order valence-corrected chi connectivity index (χ3v) is 8.95. The Kier molecular flexibility index (Phi) is 16.1. The standard InChI is InChI=1S/C28H45N9O9S2/c1-13(2)8-16(23(41)32-10-21(31)39)35-26(44)19-4-3-7-37(19)27(45)18(12-48-28(46)14(29)11-47)36-25(43)17(9-20(30)38)34-24(42)15-5-6-22(40)33-15/h13-19,47H,3-12,29H2,1-2H3,(H2,30,38)(H2,31,39)(H,32,41)(H,33,40)(H,34,42)(H,35,44)(H,36,43)/t14-,15-,16-,17-,18-,19-/m0/s1. The lowest BCUT2D eigenvalue weighted by Crippen LogP contribution is -2.59. The van der Waals surface area contributed by atoms with E-state index in [1.165, 1.54) is 4.90 Å². The molecule has 11 N–H and O–H groups in total. The second-order valence-electron chi connectivity index (χ2n) is 11.9. The van der Waals surface area contributed by atoms with Crippen molar-refractivity contribution in [2.75, 3.05) is 24.6 Å². The Morgan fingerprint density at radius 3 is 2.17 bits per heavy atom. The lowest BCUT2D eigenvalue weighted by atomic mass is 10.0. The fourth-order valence-electron chi connectivity index (χ4n) is 5.06. The summed E-state index contributed by atoms with van der Waals surface area (Å²) >= 11 is 4.66. The van der Waals surface area contributed by atoms with Crippen LogP contribution in [0.1, 0.15) is 52.4 Å². The number of hydrogen-bond donors (Lipinski definition) is 9. The molecule has 0 unspecified atom stereocenters. The van der Waals surface area contributed by atoms with Crippen LogP contribution in [0.2, 0.25) is 0 Å². The number of hydrogen-bond acceptors (Lipinski definition) is 12. The van der Waals surface area contributed by atoms with Gasteiger partial charge < -0.3 is 48.7 Å². The monoisotopic (exact) mass is 715 g/mol. The number of nitrogens with two attached hydrogens (primary N) is 3. The van der Waals surface area contributed by atoms with E-state index < -0.39 is 95.7 Å². The van der Waals surface area contributed by atoms with Gasteiger partial charge in [0, 0.05) is 24.5 Å². The van der Waals surface area contributed by atoms with Crippen molar-refractivity contribution in [3.8, 4) is 0 Å². The number of nitrogens with one attached hydrogen (secondary N) is 5. The highest BCUT2D eigenvalue weighted by molar-refractivity contribution is 8.13. The van der Waals surface area contributed by atoms with Crippen molar-refractivity contribution in [1.29, 1.82) is 0 Å². The van der Waals surface area contributed by atoms with Crippen LogP contribution in [0.15, 0.2) is 0 Å². The molecule has 2 rings (SSSR count). The van der Waals surface area contributed by atoms with Crippen molar-refractivity contribution < 1.29 is 43.2 Å². The molecule has 0 bridgehead atoms. The molecule has 0 aromatic carbocycles. The molecule has 2 fully saturated rings. The molecule has 48 heavy (non-hydrogen) atoms. The third kappa shape index (κ3) is 12.6. The molecule has 2 heterocycles. The van der Waals surface area contributed by atoms with E-state index in [0.717, 1.165) is 0 Å². The van der Waals surface area contributed by atoms with Crippen molar-refractivity contribution in [3.63, 3.8) is 0 Å². The van der Waals surface area contributed by atoms with Crippen LogP contribution in [0, 0.1) is 5.92 Å². The van der Waals surface area contributed by atoms with Gasteiger partial charge in [0.25, 0.3) is 0 Å². The smallest absolute Gasteiger partial charge is 0.246 e. The fraction of sp³-hybridized carbons (Fsp3) is 0.679. The summed E-state index contributed by atoms with van der Waals surface area (Å²) in [5.74, 6) is -6.14. The number of likely N-dealkylation sites (tertiary alicyclic amines) is 1. The first-order chi connectivity index (χ1) is 22.5. The minimum Gasteiger partial charge on any atom is -0.370 e. The fourth-order valence-corrected chi connectivity index (χ4v) is 6.20. The molecule has 18 nitrogen and oxygen atoms in total. The van der Waals surface area contributed by atoms with Crippen LogP contribution >= 0.6 is 24.4 Å². The maximum Gasteiger partial charge on any atom is 0.246 e. The van der Waals surface area contributed by atoms with Crippen LogP contribution in [0.3, 0.4) is 0 Å². The Bertz CT molecular complexity index is 1270. The van der Waals surface area contributed by atoms with E-state index in [1.54, 1.807) is 0 Å². The molecule has 2 aliphatic heterocycles. The topological polar surface area (TPSA) is 295 Å². The SMILES string of the molecule is CC(C)C[C@H](NC(=O)[C@@H]1CCCN1C(=O)[C@H](CSC(=O)[C@@H](N)CS)NC(=O)[C@H](CC(N)=O)NC(=O)[C@@H]1CCC(=O)N1)C(=O)NCC(N)=O. The highest BCUT2D eigenvalue weighted by atomic mass is 32.2. The molecule has 8 amide bonds. The number of thiol groups is 1. The van der Waals surface area contributed by atoms with Crippen LogP contribution in [-0.2, 0) is 43.2 Å². The van der Waals surface area contributed by atoms with Gasteiger partial charge in [-0.05, 0) is 31.6 Å². The van der Waals surface area contributed by atoms with E-state index in [4.69, 9.17) is 17.2 Å². The highest BCUT2D eigenvalue weighted by Crippen LogP contribution is 2.21. The molecule has 20 heteroatoms. The quantitative estimate of drug-likeness (QED) is 0.0613. The third-order valence-electron chi connectivity index (χ3n) is 7.47. The summed E-state index contributed by atoms with van der Waals surface area (Å²) in [5, 5.41) is 11.8. The first-order valence-corrected chi connectivity index (χ1v) is 17.0. The minimum absolute atomic E-state index is 0.0140. The summed E-state index contributed by atoms with van der Waals surface area (Å²) in [6.07, 6.45) is 0.472. The molecule has 268 valence electrons. The average molecular weight is 716 g/mol. The number of carbonyl (C=O) groups excluding carboxylic acids is 9. The highest BCUT2D eigenvalue weighted by Gasteiger charge is 2.40. The zero-order valence-electron chi connectivity index (χ0n) is 26.8. The van der Waals surface area contributed by atoms with Gasteiger partial charge in [0.1, 0.15) is 30.2 Å². The van der Waals surface area contributed by atoms with E-state index in [1.807, 2.05) is 13.8 Å². The van der Waals surface area contributed by atoms with Crippen molar-refractivity contribution in [2.24, 2.45) is 23.1 Å². The lowest BCUT2D eigenvalue weighted by molar-refractivity contribution is -0.142. The van der Waals surface area contributed by atoms with Crippen molar-refractivity contribution in [3.05, 3.63) is 0 Å². The van der Waals surface area contributed by atoms with E-state index >= 15 is 0 Å². The summed E-state index contributed by atoms with van der Waals surface area (Å²) in [5.41, 5.74) is 16.2. The second-order valence-corrected chi connectivity index (χ2v) is 13.3. The number of rotatable bonds is 18. The molecule has 0 radical (unpaired) electrons. The average Bonchev–Trinajstić information content (AvgIpc) is 3.69. The van der Waals surface area contributed by atoms with E-state index in [2.05, 4.69) is 39.2 Å². The second kappa shape index (κ2) is 19.2. The Morgan fingerprint density at radius 1 is 0.938 bits per heavy atom. The zero-order chi connectivity index (χ0) is 36.1. The molecule has 0 aromatic heterocycles. The normalized spacial score (nSPS) is 19.8. The number of carbonyl (C=O) groups is 9. The van der Waals surface area contributed by atoms with Gasteiger partial charge in [-0.2, -0.15) is 12.6 Å². The molecule has 0 aromatic rings. The maximum atomic E-state index is 13.9. The van der Waals surface area contributed by atoms with Gasteiger partial charge in [0.15, 0.2) is 0 Å². The molecule has 0 spiro atoms. The van der Waals surface area contributed by atoms with Crippen molar-refractivity contribution >= 4 is 76.8 Å². The summed E-state index contributed by atoms with van der Waals surface area (Å²) in [7, 11) is 0. The zero-order valence-corrected chi connectivity index (χ0v) is 28.5. The number of primary amides is 2. The minimum atomic E-state index is -1.53. The van der Waals surface area contributed by atoms with Gasteiger partial charge in [0.05, 0.1) is 19.0 Å². The van der Waals surface area contributed by atoms with E-state index in [0.29, 0.717) is 18.2 Å². The van der Waals surface area contributed by atoms with Crippen LogP contribution < -0.4 is 43.8 Å². The molecule has 0 saturated carbocycles. The van der Waals surface area contributed by atoms with Gasteiger partial charge in [-0.1, -0.05) is 25.6 Å². The van der Waals surface area contributed by atoms with Gasteiger partial charge in [-0.25, -0.2) is 0 Å². The van der Waals surface area contributed by atoms with Crippen LogP contribution in [0.5, 0.6) is 0 Å². The first kappa shape index (κ1) is 40.3. The Labute approximate surface area is 287 Å². The van der Waals surface area contributed by atoms with Gasteiger partial charge in [-0.3, -0.25) is 43.2 Å². The van der Waals surface area contributed by atoms with Crippen LogP contribution in [-0.4, -0.2) is 118 Å². The molecule has 0 aliphatic carbocycles. The first-order valence-electron chi connectivity index (χ1n) is 15.4. The molecule has 6 atom stereocenters. The Balaban J connectivity index is 2.28. The summed E-state index contributed by atoms with van der Waals surface area (Å²) < 4.78 is 0. The summed E-state index contributed by atoms with van der Waals surface area (Å²) in [6, 6.07) is -6.97. The number of amides is 8. The van der Waals surface area contributed by atoms with Crippen LogP contribution in [0.4, 0.5) is 0 Å². The molecule has 2 saturated heterocycles. The summed E-state index contributed by atoms with van der Waals surface area (Å²) in [4.78, 5) is 115. The Morgan fingerprint density at radius 2 is 1.60 bits per heavy atom. The van der Waals surface area contributed by atoms with Crippen molar-refractivity contribution in [1.82, 2.24) is 31.5 Å². The van der Waals surface area contributed by atoms with Gasteiger partial charge >= 0.3 is 0 Å². The molecular formula is C28H45N9O9S2. The van der Waals surface area contributed by atoms with E-state index in [9.17, 15) is 43.2 Å². The number of nitrogens with zero attached hydrogens (tertiary/aromatic N) is 1. The largest absolute Gasteiger partial charge is 0.370 e. The number of thioether (sulfide) groups is 1. The lowest BCUT2D eigenvalue weighted by Gasteiger charge is -2.30. The molecular weight excluding hydrogens is 670 g/mol. The Hall–Kier alpha value is -3.91. The maximum absolute atomic E-state index is 13.9. The predicted molar refractivity (Wildman–Crippen MR) is 176 cm³/mol. The van der Waals surface area contributed by atoms with E-state index in [-0.39, 0.29) is 55.6 Å².